The molecule has 0 spiro atoms. The first-order valence-corrected chi connectivity index (χ1v) is 2.84. The van der Waals surface area contributed by atoms with Crippen LogP contribution < -0.4 is 0 Å². The zero-order valence-electron chi connectivity index (χ0n) is 5.48. The van der Waals surface area contributed by atoms with Crippen molar-refractivity contribution in [2.45, 2.75) is 0 Å². The van der Waals surface area contributed by atoms with Crippen LogP contribution in [0.3, 0.4) is 0 Å². The summed E-state index contributed by atoms with van der Waals surface area (Å²) in [6, 6.07) is 4.67. The molecule has 1 heterocycles. The maximum Gasteiger partial charge on any atom is 0.355 e. The Labute approximate surface area is 62.7 Å². The molecule has 4 heteroatoms. The third-order valence-electron chi connectivity index (χ3n) is 1.13. The minimum atomic E-state index is -1.18. The van der Waals surface area contributed by atoms with Gasteiger partial charge in [-0.2, -0.15) is 5.26 Å². The number of nitrogens with zero attached hydrogens (tertiary/aromatic N) is 2. The number of carbonyl (C=O) groups is 1. The molecule has 0 saturated heterocycles. The number of carboxylic acid groups (broad SMARTS) is 1. The molecule has 1 aromatic rings. The van der Waals surface area contributed by atoms with E-state index in [-0.39, 0.29) is 11.3 Å². The first-order valence-electron chi connectivity index (χ1n) is 2.84. The highest BCUT2D eigenvalue weighted by molar-refractivity contribution is 5.88. The van der Waals surface area contributed by atoms with Gasteiger partial charge in [0, 0.05) is 6.20 Å². The highest BCUT2D eigenvalue weighted by atomic mass is 16.4. The molecule has 4 nitrogen and oxygen atoms in total. The van der Waals surface area contributed by atoms with Crippen molar-refractivity contribution in [1.29, 1.82) is 5.26 Å². The van der Waals surface area contributed by atoms with Gasteiger partial charge in [-0.25, -0.2) is 9.78 Å². The quantitative estimate of drug-likeness (QED) is 0.634. The molecule has 0 fully saturated rings. The zero-order valence-corrected chi connectivity index (χ0v) is 5.48. The van der Waals surface area contributed by atoms with Gasteiger partial charge in [0.1, 0.15) is 6.07 Å². The second-order valence-corrected chi connectivity index (χ2v) is 1.82. The smallest absolute Gasteiger partial charge is 0.355 e. The Morgan fingerprint density at radius 3 is 2.91 bits per heavy atom. The van der Waals surface area contributed by atoms with E-state index in [9.17, 15) is 4.79 Å². The number of hydrogen-bond acceptors (Lipinski definition) is 3. The molecule has 1 N–H and O–H groups in total. The normalized spacial score (nSPS) is 8.64. The van der Waals surface area contributed by atoms with Crippen molar-refractivity contribution in [3.63, 3.8) is 0 Å². The zero-order chi connectivity index (χ0) is 8.27. The van der Waals surface area contributed by atoms with Crippen LogP contribution in [0.4, 0.5) is 0 Å². The Kier molecular flexibility index (Phi) is 1.83. The predicted octanol–water partition coefficient (Wildman–Crippen LogP) is 0.651. The van der Waals surface area contributed by atoms with E-state index in [1.54, 1.807) is 6.07 Å². The molecule has 54 valence electrons. The lowest BCUT2D eigenvalue weighted by atomic mass is 10.2. The van der Waals surface area contributed by atoms with Gasteiger partial charge in [-0.1, -0.05) is 0 Å². The maximum atomic E-state index is 10.4. The molecule has 0 aliphatic rings. The topological polar surface area (TPSA) is 74.0 Å². The molecule has 0 aliphatic carbocycles. The Morgan fingerprint density at radius 1 is 1.73 bits per heavy atom. The van der Waals surface area contributed by atoms with E-state index >= 15 is 0 Å². The van der Waals surface area contributed by atoms with E-state index in [0.717, 1.165) is 0 Å². The minimum Gasteiger partial charge on any atom is -0.476 e. The van der Waals surface area contributed by atoms with Crippen LogP contribution in [-0.2, 0) is 0 Å². The number of pyridine rings is 1. The summed E-state index contributed by atoms with van der Waals surface area (Å²) in [5.74, 6) is -1.18. The van der Waals surface area contributed by atoms with Crippen molar-refractivity contribution in [2.75, 3.05) is 0 Å². The van der Waals surface area contributed by atoms with Crippen LogP contribution in [0.2, 0.25) is 0 Å². The Morgan fingerprint density at radius 2 is 2.45 bits per heavy atom. The number of carboxylic acids is 1. The molecule has 0 unspecified atom stereocenters. The van der Waals surface area contributed by atoms with Gasteiger partial charge >= 0.3 is 5.97 Å². The lowest BCUT2D eigenvalue weighted by molar-refractivity contribution is 0.0690. The van der Waals surface area contributed by atoms with Gasteiger partial charge < -0.3 is 5.11 Å². The van der Waals surface area contributed by atoms with Crippen molar-refractivity contribution in [1.82, 2.24) is 4.98 Å². The predicted molar refractivity (Wildman–Crippen MR) is 35.9 cm³/mol. The maximum absolute atomic E-state index is 10.4. The van der Waals surface area contributed by atoms with Gasteiger partial charge in [0.2, 0.25) is 0 Å². The Balaban J connectivity index is 3.26. The van der Waals surface area contributed by atoms with Gasteiger partial charge in [-0.3, -0.25) is 0 Å². The SMILES string of the molecule is N#Cc1cccnc1C(=O)O. The van der Waals surface area contributed by atoms with Gasteiger partial charge in [-0.05, 0) is 12.1 Å². The number of nitriles is 1. The summed E-state index contributed by atoms with van der Waals surface area (Å²) in [6.07, 6.45) is 1.34. The fraction of sp³-hybridized carbons (Fsp3) is 0. The van der Waals surface area contributed by atoms with Crippen LogP contribution in [0.15, 0.2) is 18.3 Å². The number of hydrogen-bond donors (Lipinski definition) is 1. The molecular formula is C7H4N2O2. The van der Waals surface area contributed by atoms with Crippen LogP contribution in [0.5, 0.6) is 0 Å². The summed E-state index contributed by atoms with van der Waals surface area (Å²) in [5.41, 5.74) is -0.116. The van der Waals surface area contributed by atoms with Crippen molar-refractivity contribution in [3.8, 4) is 6.07 Å². The molecule has 0 saturated carbocycles. The summed E-state index contributed by atoms with van der Waals surface area (Å²) in [5, 5.41) is 16.9. The Bertz CT molecular complexity index is 327. The van der Waals surface area contributed by atoms with Gasteiger partial charge in [0.05, 0.1) is 5.56 Å². The molecule has 11 heavy (non-hydrogen) atoms. The monoisotopic (exact) mass is 148 g/mol. The van der Waals surface area contributed by atoms with E-state index in [4.69, 9.17) is 10.4 Å². The highest BCUT2D eigenvalue weighted by Crippen LogP contribution is 2.02. The van der Waals surface area contributed by atoms with E-state index in [1.807, 2.05) is 0 Å². The summed E-state index contributed by atoms with van der Waals surface area (Å²) in [6.45, 7) is 0. The number of aromatic nitrogens is 1. The van der Waals surface area contributed by atoms with Gasteiger partial charge in [0.25, 0.3) is 0 Å². The molecule has 0 aliphatic heterocycles. The summed E-state index contributed by atoms with van der Waals surface area (Å²) >= 11 is 0. The van der Waals surface area contributed by atoms with E-state index in [1.165, 1.54) is 18.3 Å². The first kappa shape index (κ1) is 7.22. The molecule has 0 aromatic carbocycles. The molecule has 0 bridgehead atoms. The second kappa shape index (κ2) is 2.80. The van der Waals surface area contributed by atoms with Crippen LogP contribution in [0.1, 0.15) is 16.1 Å². The van der Waals surface area contributed by atoms with E-state index in [2.05, 4.69) is 4.98 Å². The van der Waals surface area contributed by atoms with Crippen molar-refractivity contribution < 1.29 is 9.90 Å². The molecular weight excluding hydrogens is 144 g/mol. The fourth-order valence-electron chi connectivity index (χ4n) is 0.666. The minimum absolute atomic E-state index is 0.0833. The third kappa shape index (κ3) is 1.33. The Hall–Kier alpha value is -1.89. The fourth-order valence-corrected chi connectivity index (χ4v) is 0.666. The molecule has 1 rings (SSSR count). The summed E-state index contributed by atoms with van der Waals surface area (Å²) in [4.78, 5) is 13.9. The molecule has 0 atom stereocenters. The summed E-state index contributed by atoms with van der Waals surface area (Å²) in [7, 11) is 0. The lowest BCUT2D eigenvalue weighted by Crippen LogP contribution is -2.02. The van der Waals surface area contributed by atoms with Crippen molar-refractivity contribution >= 4 is 5.97 Å². The summed E-state index contributed by atoms with van der Waals surface area (Å²) < 4.78 is 0. The highest BCUT2D eigenvalue weighted by Gasteiger charge is 2.08. The number of rotatable bonds is 1. The van der Waals surface area contributed by atoms with E-state index in [0.29, 0.717) is 0 Å². The molecule has 0 amide bonds. The van der Waals surface area contributed by atoms with Crippen LogP contribution >= 0.6 is 0 Å². The van der Waals surface area contributed by atoms with Crippen LogP contribution in [-0.4, -0.2) is 16.1 Å². The van der Waals surface area contributed by atoms with Crippen LogP contribution in [0, 0.1) is 11.3 Å². The van der Waals surface area contributed by atoms with E-state index < -0.39 is 5.97 Å². The van der Waals surface area contributed by atoms with Gasteiger partial charge in [-0.15, -0.1) is 0 Å². The number of aromatic carboxylic acids is 1. The van der Waals surface area contributed by atoms with Crippen molar-refractivity contribution in [2.24, 2.45) is 0 Å². The lowest BCUT2D eigenvalue weighted by Gasteiger charge is -1.92. The van der Waals surface area contributed by atoms with Gasteiger partial charge in [0.15, 0.2) is 5.69 Å². The van der Waals surface area contributed by atoms with Crippen LogP contribution in [0.25, 0.3) is 0 Å². The average Bonchev–Trinajstić information content (AvgIpc) is 2.04. The second-order valence-electron chi connectivity index (χ2n) is 1.82. The molecule has 1 aromatic heterocycles. The standard InChI is InChI=1S/C7H4N2O2/c8-4-5-2-1-3-9-6(5)7(10)11/h1-3H,(H,10,11). The third-order valence-corrected chi connectivity index (χ3v) is 1.13. The largest absolute Gasteiger partial charge is 0.476 e. The molecule has 0 radical (unpaired) electrons. The average molecular weight is 148 g/mol. The first-order chi connectivity index (χ1) is 5.25. The van der Waals surface area contributed by atoms with Crippen molar-refractivity contribution in [3.05, 3.63) is 29.6 Å².